The van der Waals surface area contributed by atoms with E-state index >= 15 is 0 Å². The summed E-state index contributed by atoms with van der Waals surface area (Å²) in [5.74, 6) is -1.64. The number of H-pyrrole nitrogens is 1. The van der Waals surface area contributed by atoms with E-state index in [0.717, 1.165) is 0 Å². The molecular formula is C17H22N2O5. The third-order valence-electron chi connectivity index (χ3n) is 4.13. The van der Waals surface area contributed by atoms with Gasteiger partial charge in [0.2, 0.25) is 0 Å². The third kappa shape index (κ3) is 4.10. The Balaban J connectivity index is 2.22. The first kappa shape index (κ1) is 17.9. The minimum atomic E-state index is -0.948. The SMILES string of the molecule is CC(CCC(=O)O)NC(=O)c1cc2c([nH]c1=O)CC(C)(C)CC2=O. The van der Waals surface area contributed by atoms with E-state index in [-0.39, 0.29) is 29.6 Å². The zero-order chi connectivity index (χ0) is 18.1. The molecule has 1 aromatic rings. The van der Waals surface area contributed by atoms with E-state index in [1.165, 1.54) is 6.07 Å². The highest BCUT2D eigenvalue weighted by Crippen LogP contribution is 2.33. The number of fused-ring (bicyclic) bond motifs is 1. The average molecular weight is 334 g/mol. The molecule has 0 saturated heterocycles. The molecule has 1 aliphatic rings. The zero-order valence-corrected chi connectivity index (χ0v) is 14.1. The minimum Gasteiger partial charge on any atom is -0.481 e. The Morgan fingerprint density at radius 3 is 2.62 bits per heavy atom. The second kappa shape index (κ2) is 6.59. The Hall–Kier alpha value is -2.44. The zero-order valence-electron chi connectivity index (χ0n) is 14.1. The van der Waals surface area contributed by atoms with Gasteiger partial charge in [-0.25, -0.2) is 0 Å². The van der Waals surface area contributed by atoms with Gasteiger partial charge in [-0.05, 0) is 31.2 Å². The number of hydrogen-bond acceptors (Lipinski definition) is 4. The van der Waals surface area contributed by atoms with Crippen molar-refractivity contribution in [2.45, 2.75) is 52.5 Å². The number of aliphatic carboxylic acids is 1. The summed E-state index contributed by atoms with van der Waals surface area (Å²) in [7, 11) is 0. The lowest BCUT2D eigenvalue weighted by Crippen LogP contribution is -2.38. The van der Waals surface area contributed by atoms with Crippen LogP contribution in [0, 0.1) is 5.41 Å². The van der Waals surface area contributed by atoms with Gasteiger partial charge in [0.1, 0.15) is 5.56 Å². The number of nitrogens with one attached hydrogen (secondary N) is 2. The Labute approximate surface area is 139 Å². The van der Waals surface area contributed by atoms with Crippen LogP contribution in [-0.2, 0) is 11.2 Å². The summed E-state index contributed by atoms with van der Waals surface area (Å²) in [6, 6.07) is 0.962. The first-order valence-electron chi connectivity index (χ1n) is 7.91. The van der Waals surface area contributed by atoms with Gasteiger partial charge in [0, 0.05) is 30.1 Å². The summed E-state index contributed by atoms with van der Waals surface area (Å²) in [6.07, 6.45) is 1.12. The smallest absolute Gasteiger partial charge is 0.303 e. The number of carbonyl (C=O) groups is 3. The average Bonchev–Trinajstić information content (AvgIpc) is 2.42. The Morgan fingerprint density at radius 1 is 1.33 bits per heavy atom. The van der Waals surface area contributed by atoms with Gasteiger partial charge in [0.05, 0.1) is 0 Å². The summed E-state index contributed by atoms with van der Waals surface area (Å²) >= 11 is 0. The summed E-state index contributed by atoms with van der Waals surface area (Å²) in [5.41, 5.74) is 0.0717. The van der Waals surface area contributed by atoms with Gasteiger partial charge in [-0.3, -0.25) is 19.2 Å². The predicted octanol–water partition coefficient (Wildman–Crippen LogP) is 1.51. The molecule has 0 saturated carbocycles. The molecule has 1 aliphatic carbocycles. The Morgan fingerprint density at radius 2 is 2.00 bits per heavy atom. The number of hydrogen-bond donors (Lipinski definition) is 3. The fourth-order valence-electron chi connectivity index (χ4n) is 2.91. The lowest BCUT2D eigenvalue weighted by atomic mass is 9.75. The number of carboxylic acid groups (broad SMARTS) is 1. The number of aromatic nitrogens is 1. The molecule has 0 bridgehead atoms. The maximum atomic E-state index is 12.3. The van der Waals surface area contributed by atoms with Crippen molar-refractivity contribution in [3.8, 4) is 0 Å². The molecule has 3 N–H and O–H groups in total. The normalized spacial score (nSPS) is 17.0. The van der Waals surface area contributed by atoms with Crippen molar-refractivity contribution in [3.05, 3.63) is 33.2 Å². The summed E-state index contributed by atoms with van der Waals surface area (Å²) < 4.78 is 0. The summed E-state index contributed by atoms with van der Waals surface area (Å²) in [5, 5.41) is 11.3. The van der Waals surface area contributed by atoms with E-state index in [0.29, 0.717) is 24.1 Å². The van der Waals surface area contributed by atoms with Gasteiger partial charge >= 0.3 is 5.97 Å². The number of ketones is 1. The van der Waals surface area contributed by atoms with Crippen molar-refractivity contribution in [3.63, 3.8) is 0 Å². The Bertz CT molecular complexity index is 748. The quantitative estimate of drug-likeness (QED) is 0.755. The van der Waals surface area contributed by atoms with Crippen molar-refractivity contribution >= 4 is 17.7 Å². The number of rotatable bonds is 5. The lowest BCUT2D eigenvalue weighted by Gasteiger charge is -2.29. The van der Waals surface area contributed by atoms with E-state index in [2.05, 4.69) is 10.3 Å². The molecule has 2 rings (SSSR count). The van der Waals surface area contributed by atoms with Gasteiger partial charge in [-0.15, -0.1) is 0 Å². The van der Waals surface area contributed by atoms with Crippen LogP contribution < -0.4 is 10.9 Å². The number of carboxylic acids is 1. The second-order valence-corrected chi connectivity index (χ2v) is 7.15. The van der Waals surface area contributed by atoms with Gasteiger partial charge in [0.15, 0.2) is 5.78 Å². The number of amides is 1. The molecule has 0 radical (unpaired) electrons. The van der Waals surface area contributed by atoms with E-state index in [4.69, 9.17) is 5.11 Å². The predicted molar refractivity (Wildman–Crippen MR) is 87.3 cm³/mol. The van der Waals surface area contributed by atoms with Crippen molar-refractivity contribution in [1.29, 1.82) is 0 Å². The molecule has 1 amide bonds. The maximum absolute atomic E-state index is 12.3. The van der Waals surface area contributed by atoms with Crippen LogP contribution in [0.4, 0.5) is 0 Å². The molecule has 130 valence electrons. The first-order valence-corrected chi connectivity index (χ1v) is 7.91. The number of carbonyl (C=O) groups excluding carboxylic acids is 2. The second-order valence-electron chi connectivity index (χ2n) is 7.15. The molecule has 0 fully saturated rings. The first-order chi connectivity index (χ1) is 11.1. The molecule has 0 aliphatic heterocycles. The molecule has 0 aromatic carbocycles. The fourth-order valence-corrected chi connectivity index (χ4v) is 2.91. The molecule has 1 heterocycles. The maximum Gasteiger partial charge on any atom is 0.303 e. The standard InChI is InChI=1S/C17H22N2O5/c1-9(4-5-14(21)22)18-15(23)11-6-10-12(19-16(11)24)7-17(2,3)8-13(10)20/h6,9H,4-5,7-8H2,1-3H3,(H,18,23)(H,19,24)(H,21,22). The molecule has 7 heteroatoms. The highest BCUT2D eigenvalue weighted by molar-refractivity contribution is 6.02. The van der Waals surface area contributed by atoms with Crippen LogP contribution in [0.5, 0.6) is 0 Å². The van der Waals surface area contributed by atoms with Crippen LogP contribution in [0.15, 0.2) is 10.9 Å². The number of pyridine rings is 1. The van der Waals surface area contributed by atoms with E-state index < -0.39 is 23.5 Å². The highest BCUT2D eigenvalue weighted by Gasteiger charge is 2.32. The molecule has 1 unspecified atom stereocenters. The molecule has 0 spiro atoms. The van der Waals surface area contributed by atoms with Crippen molar-refractivity contribution in [2.24, 2.45) is 5.41 Å². The van der Waals surface area contributed by atoms with E-state index in [1.54, 1.807) is 6.92 Å². The van der Waals surface area contributed by atoms with Gasteiger partial charge in [-0.2, -0.15) is 0 Å². The van der Waals surface area contributed by atoms with Crippen LogP contribution in [0.2, 0.25) is 0 Å². The number of Topliss-reactive ketones (excluding diaryl/α,β-unsaturated/α-hetero) is 1. The van der Waals surface area contributed by atoms with Crippen LogP contribution >= 0.6 is 0 Å². The molecule has 1 atom stereocenters. The molecule has 7 nitrogen and oxygen atoms in total. The van der Waals surface area contributed by atoms with E-state index in [9.17, 15) is 19.2 Å². The van der Waals surface area contributed by atoms with Crippen LogP contribution in [0.25, 0.3) is 0 Å². The fraction of sp³-hybridized carbons (Fsp3) is 0.529. The van der Waals surface area contributed by atoms with Crippen LogP contribution in [0.3, 0.4) is 0 Å². The van der Waals surface area contributed by atoms with E-state index in [1.807, 2.05) is 13.8 Å². The molecule has 1 aromatic heterocycles. The molecule has 24 heavy (non-hydrogen) atoms. The summed E-state index contributed by atoms with van der Waals surface area (Å²) in [6.45, 7) is 5.58. The van der Waals surface area contributed by atoms with Gasteiger partial charge < -0.3 is 15.4 Å². The molecular weight excluding hydrogens is 312 g/mol. The van der Waals surface area contributed by atoms with Gasteiger partial charge in [0.25, 0.3) is 11.5 Å². The van der Waals surface area contributed by atoms with Crippen molar-refractivity contribution in [1.82, 2.24) is 10.3 Å². The van der Waals surface area contributed by atoms with Crippen molar-refractivity contribution in [2.75, 3.05) is 0 Å². The lowest BCUT2D eigenvalue weighted by molar-refractivity contribution is -0.137. The highest BCUT2D eigenvalue weighted by atomic mass is 16.4. The van der Waals surface area contributed by atoms with Gasteiger partial charge in [-0.1, -0.05) is 13.8 Å². The van der Waals surface area contributed by atoms with Crippen molar-refractivity contribution < 1.29 is 19.5 Å². The number of aromatic amines is 1. The minimum absolute atomic E-state index is 0.0738. The summed E-state index contributed by atoms with van der Waals surface area (Å²) in [4.78, 5) is 49.9. The van der Waals surface area contributed by atoms with Crippen LogP contribution in [0.1, 0.15) is 66.4 Å². The topological polar surface area (TPSA) is 116 Å². The Kier molecular flexibility index (Phi) is 4.91. The largest absolute Gasteiger partial charge is 0.481 e. The monoisotopic (exact) mass is 334 g/mol. The van der Waals surface area contributed by atoms with Crippen LogP contribution in [-0.4, -0.2) is 33.8 Å². The third-order valence-corrected chi connectivity index (χ3v) is 4.13.